The van der Waals surface area contributed by atoms with Crippen LogP contribution in [0.15, 0.2) is 34.1 Å². The zero-order valence-corrected chi connectivity index (χ0v) is 12.0. The highest BCUT2D eigenvalue weighted by atomic mass is 32.2. The fourth-order valence-corrected chi connectivity index (χ4v) is 3.24. The molecule has 20 heavy (non-hydrogen) atoms. The van der Waals surface area contributed by atoms with Crippen LogP contribution in [0, 0.1) is 0 Å². The van der Waals surface area contributed by atoms with E-state index in [1.165, 1.54) is 6.20 Å². The number of nitrogens with one attached hydrogen (secondary N) is 1. The van der Waals surface area contributed by atoms with E-state index in [4.69, 9.17) is 5.11 Å². The number of hydrogen-bond donors (Lipinski definition) is 2. The predicted molar refractivity (Wildman–Crippen MR) is 73.1 cm³/mol. The lowest BCUT2D eigenvalue weighted by Crippen LogP contribution is -2.25. The first-order chi connectivity index (χ1) is 9.47. The van der Waals surface area contributed by atoms with E-state index in [0.717, 1.165) is 16.4 Å². The van der Waals surface area contributed by atoms with Gasteiger partial charge in [0.15, 0.2) is 0 Å². The Balaban J connectivity index is 1.95. The van der Waals surface area contributed by atoms with Crippen LogP contribution < -0.4 is 4.72 Å². The SMILES string of the molecule is O=C(O)Cn1cc(S(=O)(=O)NCCc2ccsc2)cn1. The highest BCUT2D eigenvalue weighted by molar-refractivity contribution is 7.89. The van der Waals surface area contributed by atoms with E-state index < -0.39 is 16.0 Å². The van der Waals surface area contributed by atoms with Crippen molar-refractivity contribution in [3.63, 3.8) is 0 Å². The summed E-state index contributed by atoms with van der Waals surface area (Å²) in [5.41, 5.74) is 1.07. The molecule has 108 valence electrons. The van der Waals surface area contributed by atoms with E-state index in [-0.39, 0.29) is 18.0 Å². The Labute approximate surface area is 119 Å². The normalized spacial score (nSPS) is 11.6. The van der Waals surface area contributed by atoms with E-state index in [0.29, 0.717) is 6.42 Å². The smallest absolute Gasteiger partial charge is 0.325 e. The number of sulfonamides is 1. The number of aliphatic carboxylic acids is 1. The van der Waals surface area contributed by atoms with Crippen molar-refractivity contribution in [1.82, 2.24) is 14.5 Å². The standard InChI is InChI=1S/C11H13N3O4S2/c15-11(16)7-14-6-10(5-12-14)20(17,18)13-3-1-9-2-4-19-8-9/h2,4-6,8,13H,1,3,7H2,(H,15,16). The fraction of sp³-hybridized carbons (Fsp3) is 0.273. The van der Waals surface area contributed by atoms with Crippen molar-refractivity contribution in [3.05, 3.63) is 34.8 Å². The average molecular weight is 315 g/mol. The zero-order valence-electron chi connectivity index (χ0n) is 10.4. The van der Waals surface area contributed by atoms with E-state index >= 15 is 0 Å². The van der Waals surface area contributed by atoms with Crippen molar-refractivity contribution in [2.24, 2.45) is 0 Å². The topological polar surface area (TPSA) is 101 Å². The number of rotatable bonds is 7. The van der Waals surface area contributed by atoms with Gasteiger partial charge in [-0.15, -0.1) is 0 Å². The van der Waals surface area contributed by atoms with Gasteiger partial charge in [-0.3, -0.25) is 9.48 Å². The van der Waals surface area contributed by atoms with Crippen LogP contribution in [0.4, 0.5) is 0 Å². The molecule has 0 bridgehead atoms. The molecule has 0 unspecified atom stereocenters. The third-order valence-corrected chi connectivity index (χ3v) is 4.65. The van der Waals surface area contributed by atoms with Crippen LogP contribution in [0.2, 0.25) is 0 Å². The molecule has 2 heterocycles. The first-order valence-electron chi connectivity index (χ1n) is 5.72. The van der Waals surface area contributed by atoms with E-state index in [1.54, 1.807) is 11.3 Å². The van der Waals surface area contributed by atoms with Gasteiger partial charge in [-0.05, 0) is 28.8 Å². The Morgan fingerprint density at radius 2 is 2.30 bits per heavy atom. The van der Waals surface area contributed by atoms with Gasteiger partial charge in [0.1, 0.15) is 11.4 Å². The first-order valence-corrected chi connectivity index (χ1v) is 8.15. The summed E-state index contributed by atoms with van der Waals surface area (Å²) in [5, 5.41) is 16.2. The van der Waals surface area contributed by atoms with Gasteiger partial charge in [0.05, 0.1) is 6.20 Å². The Hall–Kier alpha value is -1.71. The van der Waals surface area contributed by atoms with Crippen LogP contribution in [0.1, 0.15) is 5.56 Å². The molecule has 2 rings (SSSR count). The number of carbonyl (C=O) groups is 1. The summed E-state index contributed by atoms with van der Waals surface area (Å²) in [4.78, 5) is 10.5. The Bertz CT molecular complexity index is 676. The minimum absolute atomic E-state index is 0.0379. The van der Waals surface area contributed by atoms with Crippen LogP contribution in [0.5, 0.6) is 0 Å². The summed E-state index contributed by atoms with van der Waals surface area (Å²) in [6, 6.07) is 1.93. The van der Waals surface area contributed by atoms with E-state index in [9.17, 15) is 13.2 Å². The number of hydrogen-bond acceptors (Lipinski definition) is 5. The van der Waals surface area contributed by atoms with Crippen LogP contribution in [-0.2, 0) is 27.8 Å². The molecule has 0 fully saturated rings. The maximum absolute atomic E-state index is 12.0. The number of thiophene rings is 1. The minimum Gasteiger partial charge on any atom is -0.480 e. The average Bonchev–Trinajstić information content (AvgIpc) is 2.99. The predicted octanol–water partition coefficient (Wildman–Crippen LogP) is 0.550. The molecule has 0 spiro atoms. The highest BCUT2D eigenvalue weighted by Crippen LogP contribution is 2.09. The van der Waals surface area contributed by atoms with Gasteiger partial charge in [-0.2, -0.15) is 16.4 Å². The number of aromatic nitrogens is 2. The summed E-state index contributed by atoms with van der Waals surface area (Å²) in [5.74, 6) is -1.08. The largest absolute Gasteiger partial charge is 0.480 e. The lowest BCUT2D eigenvalue weighted by Gasteiger charge is -2.03. The molecule has 0 aliphatic carbocycles. The van der Waals surface area contributed by atoms with Gasteiger partial charge >= 0.3 is 5.97 Å². The summed E-state index contributed by atoms with van der Waals surface area (Å²) in [6.07, 6.45) is 2.93. The minimum atomic E-state index is -3.65. The molecule has 0 radical (unpaired) electrons. The first kappa shape index (κ1) is 14.7. The molecule has 0 atom stereocenters. The molecule has 2 N–H and O–H groups in total. The molecule has 0 aliphatic heterocycles. The van der Waals surface area contributed by atoms with Gasteiger partial charge in [0.25, 0.3) is 0 Å². The summed E-state index contributed by atoms with van der Waals surface area (Å²) < 4.78 is 27.4. The van der Waals surface area contributed by atoms with Crippen LogP contribution in [0.25, 0.3) is 0 Å². The lowest BCUT2D eigenvalue weighted by atomic mass is 10.2. The Morgan fingerprint density at radius 1 is 1.50 bits per heavy atom. The second-order valence-electron chi connectivity index (χ2n) is 4.05. The maximum atomic E-state index is 12.0. The van der Waals surface area contributed by atoms with Crippen molar-refractivity contribution in [3.8, 4) is 0 Å². The fourth-order valence-electron chi connectivity index (χ4n) is 1.56. The van der Waals surface area contributed by atoms with Crippen LogP contribution >= 0.6 is 11.3 Å². The second kappa shape index (κ2) is 6.16. The number of carboxylic acid groups (broad SMARTS) is 1. The molecule has 2 aromatic heterocycles. The molecule has 0 saturated carbocycles. The summed E-state index contributed by atoms with van der Waals surface area (Å²) in [7, 11) is -3.65. The maximum Gasteiger partial charge on any atom is 0.325 e. The molecule has 0 aliphatic rings. The van der Waals surface area contributed by atoms with Gasteiger partial charge in [0.2, 0.25) is 10.0 Å². The molecule has 0 saturated heterocycles. The van der Waals surface area contributed by atoms with Gasteiger partial charge in [-0.1, -0.05) is 0 Å². The molecule has 0 aromatic carbocycles. The molecule has 0 amide bonds. The third kappa shape index (κ3) is 3.89. The lowest BCUT2D eigenvalue weighted by molar-refractivity contribution is -0.137. The van der Waals surface area contributed by atoms with Crippen molar-refractivity contribution in [2.45, 2.75) is 17.9 Å². The molecule has 9 heteroatoms. The van der Waals surface area contributed by atoms with Crippen molar-refractivity contribution in [2.75, 3.05) is 6.54 Å². The van der Waals surface area contributed by atoms with Gasteiger partial charge < -0.3 is 5.11 Å². The molecule has 7 nitrogen and oxygen atoms in total. The van der Waals surface area contributed by atoms with Crippen molar-refractivity contribution >= 4 is 27.3 Å². The highest BCUT2D eigenvalue weighted by Gasteiger charge is 2.16. The molecular weight excluding hydrogens is 302 g/mol. The molecule has 2 aromatic rings. The summed E-state index contributed by atoms with van der Waals surface area (Å²) in [6.45, 7) is -0.0897. The van der Waals surface area contributed by atoms with E-state index in [1.807, 2.05) is 16.8 Å². The van der Waals surface area contributed by atoms with Crippen LogP contribution in [-0.4, -0.2) is 35.8 Å². The monoisotopic (exact) mass is 315 g/mol. The number of nitrogens with zero attached hydrogens (tertiary/aromatic N) is 2. The molecular formula is C11H13N3O4S2. The second-order valence-corrected chi connectivity index (χ2v) is 6.59. The van der Waals surface area contributed by atoms with Gasteiger partial charge in [0, 0.05) is 12.7 Å². The third-order valence-electron chi connectivity index (χ3n) is 2.50. The Morgan fingerprint density at radius 3 is 2.95 bits per heavy atom. The van der Waals surface area contributed by atoms with Crippen molar-refractivity contribution < 1.29 is 18.3 Å². The zero-order chi connectivity index (χ0) is 14.6. The Kier molecular flexibility index (Phi) is 4.53. The van der Waals surface area contributed by atoms with Crippen LogP contribution in [0.3, 0.4) is 0 Å². The summed E-state index contributed by atoms with van der Waals surface area (Å²) >= 11 is 1.56. The quantitative estimate of drug-likeness (QED) is 0.777. The van der Waals surface area contributed by atoms with Gasteiger partial charge in [-0.25, -0.2) is 13.1 Å². The number of carboxylic acids is 1. The van der Waals surface area contributed by atoms with E-state index in [2.05, 4.69) is 9.82 Å². The van der Waals surface area contributed by atoms with Crippen molar-refractivity contribution in [1.29, 1.82) is 0 Å².